The number of sulfonamides is 1. The third-order valence-electron chi connectivity index (χ3n) is 5.21. The molecule has 2 N–H and O–H groups in total. The van der Waals surface area contributed by atoms with Crippen molar-refractivity contribution in [2.75, 3.05) is 25.4 Å². The molecular formula is C18H21N3O5S. The van der Waals surface area contributed by atoms with E-state index in [9.17, 15) is 18.0 Å². The van der Waals surface area contributed by atoms with Crippen LogP contribution < -0.4 is 15.4 Å². The van der Waals surface area contributed by atoms with Gasteiger partial charge in [0, 0.05) is 19.5 Å². The summed E-state index contributed by atoms with van der Waals surface area (Å²) in [5.41, 5.74) is 1.93. The van der Waals surface area contributed by atoms with Gasteiger partial charge in [0.05, 0.1) is 12.4 Å². The maximum absolute atomic E-state index is 12.7. The molecule has 3 amide bonds. The van der Waals surface area contributed by atoms with Crippen LogP contribution in [0, 0.1) is 0 Å². The predicted molar refractivity (Wildman–Crippen MR) is 98.7 cm³/mol. The predicted octanol–water partition coefficient (Wildman–Crippen LogP) is 0.639. The summed E-state index contributed by atoms with van der Waals surface area (Å²) in [6.45, 7) is 2.71. The second-order valence-corrected chi connectivity index (χ2v) is 9.22. The van der Waals surface area contributed by atoms with Gasteiger partial charge in [0.2, 0.25) is 10.0 Å². The maximum Gasteiger partial charge on any atom is 0.322 e. The van der Waals surface area contributed by atoms with E-state index >= 15 is 0 Å². The normalized spacial score (nSPS) is 25.4. The van der Waals surface area contributed by atoms with Gasteiger partial charge in [-0.15, -0.1) is 0 Å². The van der Waals surface area contributed by atoms with Gasteiger partial charge in [0.15, 0.2) is 0 Å². The zero-order valence-electron chi connectivity index (χ0n) is 14.9. The van der Waals surface area contributed by atoms with Crippen molar-refractivity contribution in [3.05, 3.63) is 35.4 Å². The quantitative estimate of drug-likeness (QED) is 0.733. The molecule has 1 aromatic rings. The molecule has 4 rings (SSSR count). The highest BCUT2D eigenvalue weighted by atomic mass is 32.2. The fourth-order valence-electron chi connectivity index (χ4n) is 3.69. The van der Waals surface area contributed by atoms with Crippen LogP contribution in [0.25, 0.3) is 5.57 Å². The van der Waals surface area contributed by atoms with Crippen LogP contribution >= 0.6 is 0 Å². The van der Waals surface area contributed by atoms with Gasteiger partial charge in [-0.2, -0.15) is 4.31 Å². The van der Waals surface area contributed by atoms with Gasteiger partial charge in [-0.25, -0.2) is 13.2 Å². The zero-order valence-corrected chi connectivity index (χ0v) is 15.8. The third kappa shape index (κ3) is 3.32. The van der Waals surface area contributed by atoms with Crippen LogP contribution in [0.1, 0.15) is 24.5 Å². The number of carbonyl (C=O) groups is 2. The highest BCUT2D eigenvalue weighted by molar-refractivity contribution is 7.89. The van der Waals surface area contributed by atoms with Crippen molar-refractivity contribution in [2.24, 2.45) is 0 Å². The average molecular weight is 391 g/mol. The minimum Gasteiger partial charge on any atom is -0.493 e. The van der Waals surface area contributed by atoms with Crippen molar-refractivity contribution >= 4 is 27.5 Å². The molecule has 144 valence electrons. The van der Waals surface area contributed by atoms with Crippen molar-refractivity contribution in [2.45, 2.75) is 25.3 Å². The smallest absolute Gasteiger partial charge is 0.322 e. The van der Waals surface area contributed by atoms with E-state index in [0.717, 1.165) is 23.3 Å². The first kappa shape index (κ1) is 18.0. The molecule has 3 aliphatic rings. The van der Waals surface area contributed by atoms with Crippen LogP contribution in [0.15, 0.2) is 24.3 Å². The standard InChI is InChI=1S/C18H21N3O5S/c1-18(16(22)19-17(23)20-18)11-27(24,25)21-7-4-12(5-8-21)13-2-3-15-14(10-13)6-9-26-15/h2-4,10H,5-9,11H2,1H3,(H2,19,20,22,23)/t18-/m1/s1. The number of hydrogen-bond acceptors (Lipinski definition) is 5. The van der Waals surface area contributed by atoms with Crippen molar-refractivity contribution < 1.29 is 22.7 Å². The highest BCUT2D eigenvalue weighted by Gasteiger charge is 2.46. The van der Waals surface area contributed by atoms with E-state index < -0.39 is 33.3 Å². The molecule has 0 radical (unpaired) electrons. The molecule has 0 bridgehead atoms. The second kappa shape index (κ2) is 6.35. The molecule has 9 heteroatoms. The van der Waals surface area contributed by atoms with Crippen LogP contribution in [0.3, 0.4) is 0 Å². The largest absolute Gasteiger partial charge is 0.493 e. The fraction of sp³-hybridized carbons (Fsp3) is 0.444. The third-order valence-corrected chi connectivity index (χ3v) is 7.27. The summed E-state index contributed by atoms with van der Waals surface area (Å²) in [4.78, 5) is 23.2. The summed E-state index contributed by atoms with van der Waals surface area (Å²) >= 11 is 0. The first-order chi connectivity index (χ1) is 12.8. The molecule has 0 unspecified atom stereocenters. The van der Waals surface area contributed by atoms with Gasteiger partial charge in [-0.1, -0.05) is 12.1 Å². The first-order valence-electron chi connectivity index (χ1n) is 8.83. The summed E-state index contributed by atoms with van der Waals surface area (Å²) in [7, 11) is -3.70. The molecular weight excluding hydrogens is 370 g/mol. The SMILES string of the molecule is C[C@]1(CS(=O)(=O)N2CC=C(c3ccc4c(c3)CCO4)CC2)NC(=O)NC1=O. The van der Waals surface area contributed by atoms with E-state index in [-0.39, 0.29) is 6.54 Å². The zero-order chi connectivity index (χ0) is 19.2. The Kier molecular flexibility index (Phi) is 4.23. The van der Waals surface area contributed by atoms with Gasteiger partial charge in [0.25, 0.3) is 5.91 Å². The van der Waals surface area contributed by atoms with E-state index in [1.165, 1.54) is 16.8 Å². The summed E-state index contributed by atoms with van der Waals surface area (Å²) in [5.74, 6) is -0.161. The molecule has 27 heavy (non-hydrogen) atoms. The van der Waals surface area contributed by atoms with Crippen LogP contribution in [0.5, 0.6) is 5.75 Å². The summed E-state index contributed by atoms with van der Waals surface area (Å²) in [6, 6.07) is 5.40. The second-order valence-electron chi connectivity index (χ2n) is 7.25. The molecule has 0 aliphatic carbocycles. The Morgan fingerprint density at radius 1 is 1.26 bits per heavy atom. The first-order valence-corrected chi connectivity index (χ1v) is 10.4. The maximum atomic E-state index is 12.7. The summed E-state index contributed by atoms with van der Waals surface area (Å²) in [6.07, 6.45) is 3.39. The molecule has 1 saturated heterocycles. The van der Waals surface area contributed by atoms with E-state index in [4.69, 9.17) is 4.74 Å². The van der Waals surface area contributed by atoms with Crippen LogP contribution in [-0.4, -0.2) is 55.6 Å². The lowest BCUT2D eigenvalue weighted by Gasteiger charge is -2.29. The lowest BCUT2D eigenvalue weighted by Crippen LogP contribution is -2.52. The Balaban J connectivity index is 1.48. The van der Waals surface area contributed by atoms with Crippen molar-refractivity contribution in [3.63, 3.8) is 0 Å². The molecule has 0 spiro atoms. The number of hydrogen-bond donors (Lipinski definition) is 2. The average Bonchev–Trinajstić information content (AvgIpc) is 3.17. The van der Waals surface area contributed by atoms with E-state index in [1.807, 2.05) is 18.2 Å². The number of nitrogens with one attached hydrogen (secondary N) is 2. The lowest BCUT2D eigenvalue weighted by atomic mass is 9.98. The molecule has 3 aliphatic heterocycles. The number of imide groups is 1. The number of ether oxygens (including phenoxy) is 1. The number of urea groups is 1. The van der Waals surface area contributed by atoms with E-state index in [0.29, 0.717) is 19.6 Å². The van der Waals surface area contributed by atoms with Crippen molar-refractivity contribution in [1.29, 1.82) is 0 Å². The Bertz CT molecular complexity index is 956. The number of nitrogens with zero attached hydrogens (tertiary/aromatic N) is 1. The molecule has 1 atom stereocenters. The number of rotatable bonds is 4. The Hall–Kier alpha value is -2.39. The van der Waals surface area contributed by atoms with Gasteiger partial charge >= 0.3 is 6.03 Å². The lowest BCUT2D eigenvalue weighted by molar-refractivity contribution is -0.122. The monoisotopic (exact) mass is 391 g/mol. The van der Waals surface area contributed by atoms with Crippen LogP contribution in [-0.2, 0) is 21.2 Å². The minimum absolute atomic E-state index is 0.247. The van der Waals surface area contributed by atoms with Gasteiger partial charge in [-0.3, -0.25) is 10.1 Å². The number of fused-ring (bicyclic) bond motifs is 1. The topological polar surface area (TPSA) is 105 Å². The van der Waals surface area contributed by atoms with E-state index in [1.54, 1.807) is 0 Å². The Labute approximate surface area is 157 Å². The highest BCUT2D eigenvalue weighted by Crippen LogP contribution is 2.31. The Morgan fingerprint density at radius 2 is 2.07 bits per heavy atom. The van der Waals surface area contributed by atoms with E-state index in [2.05, 4.69) is 16.7 Å². The van der Waals surface area contributed by atoms with Crippen LogP contribution in [0.2, 0.25) is 0 Å². The van der Waals surface area contributed by atoms with Gasteiger partial charge in [0.1, 0.15) is 11.3 Å². The number of benzene rings is 1. The summed E-state index contributed by atoms with van der Waals surface area (Å²) in [5, 5.41) is 4.49. The molecule has 0 aromatic heterocycles. The number of amides is 3. The van der Waals surface area contributed by atoms with Crippen molar-refractivity contribution in [3.8, 4) is 5.75 Å². The molecule has 3 heterocycles. The number of carbonyl (C=O) groups excluding carboxylic acids is 2. The van der Waals surface area contributed by atoms with Crippen molar-refractivity contribution in [1.82, 2.24) is 14.9 Å². The van der Waals surface area contributed by atoms with Crippen LogP contribution in [0.4, 0.5) is 4.79 Å². The Morgan fingerprint density at radius 3 is 2.74 bits per heavy atom. The molecule has 8 nitrogen and oxygen atoms in total. The van der Waals surface area contributed by atoms with Gasteiger partial charge in [-0.05, 0) is 42.2 Å². The fourth-order valence-corrected chi connectivity index (χ4v) is 5.48. The summed E-state index contributed by atoms with van der Waals surface area (Å²) < 4.78 is 32.4. The minimum atomic E-state index is -3.70. The molecule has 1 aromatic carbocycles. The molecule has 1 fully saturated rings. The molecule has 0 saturated carbocycles. The van der Waals surface area contributed by atoms with Gasteiger partial charge < -0.3 is 10.1 Å².